The first kappa shape index (κ1) is 26.5. The largest absolute Gasteiger partial charge is 0.337 e. The maximum absolute atomic E-state index is 5.40. The Morgan fingerprint density at radius 1 is 0.269 bits per heavy atom. The van der Waals surface area contributed by atoms with Gasteiger partial charge in [-0.05, 0) is 45.8 Å². The molecular formula is C44H24N8. The third-order valence-corrected chi connectivity index (χ3v) is 11.0. The number of imidazole rings is 4. The lowest BCUT2D eigenvalue weighted by atomic mass is 10.1. The number of hydrogen-bond acceptors (Lipinski definition) is 4. The van der Waals surface area contributed by atoms with Gasteiger partial charge in [-0.15, -0.1) is 0 Å². The summed E-state index contributed by atoms with van der Waals surface area (Å²) < 4.78 is 0. The van der Waals surface area contributed by atoms with Crippen LogP contribution in [0.3, 0.4) is 0 Å². The van der Waals surface area contributed by atoms with Crippen LogP contribution in [0, 0.1) is 0 Å². The van der Waals surface area contributed by atoms with E-state index in [2.05, 4.69) is 141 Å². The van der Waals surface area contributed by atoms with Gasteiger partial charge in [-0.25, -0.2) is 19.9 Å². The van der Waals surface area contributed by atoms with Gasteiger partial charge in [0.15, 0.2) is 0 Å². The normalized spacial score (nSPS) is 12.6. The van der Waals surface area contributed by atoms with Crippen molar-refractivity contribution in [3.8, 4) is 0 Å². The molecule has 8 nitrogen and oxygen atoms in total. The van der Waals surface area contributed by atoms with Crippen molar-refractivity contribution in [1.29, 1.82) is 0 Å². The molecule has 0 fully saturated rings. The quantitative estimate of drug-likeness (QED) is 0.129. The van der Waals surface area contributed by atoms with E-state index in [-0.39, 0.29) is 0 Å². The fourth-order valence-corrected chi connectivity index (χ4v) is 8.58. The van der Waals surface area contributed by atoms with Gasteiger partial charge in [0.25, 0.3) is 0 Å². The molecule has 0 aliphatic rings. The molecule has 4 N–H and O–H groups in total. The van der Waals surface area contributed by atoms with E-state index in [1.807, 2.05) is 0 Å². The Labute approximate surface area is 291 Å². The summed E-state index contributed by atoms with van der Waals surface area (Å²) in [6, 6.07) is 42.6. The van der Waals surface area contributed by atoms with Gasteiger partial charge in [-0.1, -0.05) is 97.1 Å². The Kier molecular flexibility index (Phi) is 4.73. The van der Waals surface area contributed by atoms with Gasteiger partial charge in [0.05, 0.1) is 22.1 Å². The van der Waals surface area contributed by atoms with Crippen LogP contribution in [0.15, 0.2) is 121 Å². The maximum atomic E-state index is 5.40. The monoisotopic (exact) mass is 664 g/mol. The van der Waals surface area contributed by atoms with Gasteiger partial charge in [0.2, 0.25) is 0 Å². The van der Waals surface area contributed by atoms with E-state index in [0.717, 1.165) is 131 Å². The number of H-pyrrole nitrogens is 4. The van der Waals surface area contributed by atoms with Crippen LogP contribution in [0.2, 0.25) is 0 Å². The number of benzene rings is 8. The molecule has 52 heavy (non-hydrogen) atoms. The van der Waals surface area contributed by atoms with Crippen LogP contribution >= 0.6 is 0 Å². The number of fused-ring (bicyclic) bond motifs is 16. The molecule has 0 radical (unpaired) electrons. The summed E-state index contributed by atoms with van der Waals surface area (Å²) in [4.78, 5) is 36.7. The molecule has 0 aliphatic heterocycles. The highest BCUT2D eigenvalue weighted by atomic mass is 15.0. The van der Waals surface area contributed by atoms with Gasteiger partial charge < -0.3 is 19.9 Å². The summed E-state index contributed by atoms with van der Waals surface area (Å²) in [7, 11) is 0. The summed E-state index contributed by atoms with van der Waals surface area (Å²) in [5.41, 5.74) is 10.2. The summed E-state index contributed by atoms with van der Waals surface area (Å²) >= 11 is 0. The summed E-state index contributed by atoms with van der Waals surface area (Å²) in [6.07, 6.45) is 0. The van der Waals surface area contributed by atoms with Gasteiger partial charge in [0, 0.05) is 43.1 Å². The minimum absolute atomic E-state index is 0.751. The van der Waals surface area contributed by atoms with E-state index in [4.69, 9.17) is 19.9 Å². The summed E-state index contributed by atoms with van der Waals surface area (Å²) in [6.45, 7) is 0. The minimum Gasteiger partial charge on any atom is -0.337 e. The Bertz CT molecular complexity index is 3270. The van der Waals surface area contributed by atoms with Gasteiger partial charge in [0.1, 0.15) is 44.7 Å². The molecule has 13 rings (SSSR count). The van der Waals surface area contributed by atoms with Gasteiger partial charge in [-0.2, -0.15) is 0 Å². The number of aromatic nitrogens is 8. The lowest BCUT2D eigenvalue weighted by Gasteiger charge is -2.01. The Morgan fingerprint density at radius 3 is 0.750 bits per heavy atom. The minimum atomic E-state index is 0.751. The molecule has 0 amide bonds. The van der Waals surface area contributed by atoms with E-state index in [1.165, 1.54) is 0 Å². The average molecular weight is 665 g/mol. The van der Waals surface area contributed by atoms with Crippen LogP contribution in [-0.2, 0) is 0 Å². The summed E-state index contributed by atoms with van der Waals surface area (Å²) in [5.74, 6) is 0. The molecule has 0 spiro atoms. The lowest BCUT2D eigenvalue weighted by Crippen LogP contribution is -1.80. The number of rotatable bonds is 0. The SMILES string of the molecule is c1ccc2c(c1)cc1c3nc4c(cc5ccccc5c4[nH]3)c3nc4c(cc5ccccc5c4[nH]3)c3nc4c(cc5ccccc5c4[nH]3)c3nc1c2[nH]3. The highest BCUT2D eigenvalue weighted by Gasteiger charge is 2.19. The first-order valence-electron chi connectivity index (χ1n) is 17.4. The lowest BCUT2D eigenvalue weighted by molar-refractivity contribution is 1.45. The van der Waals surface area contributed by atoms with E-state index in [0.29, 0.717) is 0 Å². The highest BCUT2D eigenvalue weighted by molar-refractivity contribution is 6.24. The van der Waals surface area contributed by atoms with Crippen LogP contribution in [0.1, 0.15) is 0 Å². The number of nitrogens with one attached hydrogen (secondary N) is 4. The first-order valence-corrected chi connectivity index (χ1v) is 17.4. The molecule has 0 saturated heterocycles. The maximum Gasteiger partial charge on any atom is 0.140 e. The predicted octanol–water partition coefficient (Wildman–Crippen LogP) is 11.0. The van der Waals surface area contributed by atoms with E-state index < -0.39 is 0 Å². The van der Waals surface area contributed by atoms with Crippen molar-refractivity contribution < 1.29 is 0 Å². The second-order valence-electron chi connectivity index (χ2n) is 13.8. The Balaban J connectivity index is 1.38. The van der Waals surface area contributed by atoms with Crippen molar-refractivity contribution in [3.05, 3.63) is 121 Å². The second kappa shape index (κ2) is 9.26. The molecule has 13 aromatic rings. The second-order valence-corrected chi connectivity index (χ2v) is 13.8. The Hall–Kier alpha value is -7.32. The van der Waals surface area contributed by atoms with Crippen molar-refractivity contribution in [2.24, 2.45) is 0 Å². The van der Waals surface area contributed by atoms with Crippen molar-refractivity contribution in [3.63, 3.8) is 0 Å². The molecule has 8 bridgehead atoms. The zero-order valence-corrected chi connectivity index (χ0v) is 27.3. The van der Waals surface area contributed by atoms with Crippen molar-refractivity contribution >= 4 is 131 Å². The van der Waals surface area contributed by atoms with Crippen molar-refractivity contribution in [2.45, 2.75) is 0 Å². The third-order valence-electron chi connectivity index (χ3n) is 11.0. The molecule has 5 heterocycles. The molecular weight excluding hydrogens is 641 g/mol. The Morgan fingerprint density at radius 2 is 0.500 bits per heavy atom. The van der Waals surface area contributed by atoms with Crippen LogP contribution in [0.25, 0.3) is 131 Å². The van der Waals surface area contributed by atoms with Gasteiger partial charge in [-0.3, -0.25) is 0 Å². The van der Waals surface area contributed by atoms with Crippen LogP contribution in [0.4, 0.5) is 0 Å². The molecule has 5 aromatic heterocycles. The van der Waals surface area contributed by atoms with E-state index in [1.54, 1.807) is 0 Å². The zero-order valence-electron chi connectivity index (χ0n) is 27.3. The average Bonchev–Trinajstić information content (AvgIpc) is 4.01. The molecule has 0 atom stereocenters. The molecule has 0 saturated carbocycles. The van der Waals surface area contributed by atoms with Crippen LogP contribution in [0.5, 0.6) is 0 Å². The number of hydrogen-bond donors (Lipinski definition) is 4. The number of nitrogens with zero attached hydrogens (tertiary/aromatic N) is 4. The smallest absolute Gasteiger partial charge is 0.140 e. The van der Waals surface area contributed by atoms with Crippen LogP contribution < -0.4 is 0 Å². The predicted molar refractivity (Wildman–Crippen MR) is 214 cm³/mol. The third kappa shape index (κ3) is 3.35. The van der Waals surface area contributed by atoms with Crippen molar-refractivity contribution in [2.75, 3.05) is 0 Å². The van der Waals surface area contributed by atoms with Crippen LogP contribution in [-0.4, -0.2) is 39.9 Å². The fourth-order valence-electron chi connectivity index (χ4n) is 8.58. The summed E-state index contributed by atoms with van der Waals surface area (Å²) in [5, 5.41) is 12.5. The molecule has 8 aromatic carbocycles. The van der Waals surface area contributed by atoms with Crippen molar-refractivity contribution in [1.82, 2.24) is 39.9 Å². The van der Waals surface area contributed by atoms with Gasteiger partial charge >= 0.3 is 0 Å². The standard InChI is InChI=1S/C44H24N8/c1-5-13-25-21(9-1)17-29-37-33(25)45-42(49-37)30-18-22-10-3-7-15-27(22)35-39(30)51-44(47-35)32-20-24-12-4-8-16-28(24)36-40(32)52-43(48-36)31-19-23-11-2-6-14-26(23)34-38(31)50-41(29)46-34/h1-20H,(H,45,49)(H,46,50)(H,47,51)(H,48,52). The topological polar surface area (TPSA) is 115 Å². The van der Waals surface area contributed by atoms with E-state index >= 15 is 0 Å². The van der Waals surface area contributed by atoms with E-state index in [9.17, 15) is 0 Å². The highest BCUT2D eigenvalue weighted by Crippen LogP contribution is 2.38. The molecule has 0 aliphatic carbocycles. The fraction of sp³-hybridized carbons (Fsp3) is 0. The molecule has 240 valence electrons. The zero-order chi connectivity index (χ0) is 33.7. The molecule has 0 unspecified atom stereocenters. The molecule has 8 heteroatoms. The first-order chi connectivity index (χ1) is 25.7. The number of aromatic amines is 4.